The lowest BCUT2D eigenvalue weighted by Crippen LogP contribution is -2.40. The van der Waals surface area contributed by atoms with E-state index in [9.17, 15) is 4.79 Å². The second kappa shape index (κ2) is 8.31. The van der Waals surface area contributed by atoms with Crippen LogP contribution < -0.4 is 10.6 Å². The van der Waals surface area contributed by atoms with Crippen LogP contribution in [0.15, 0.2) is 30.6 Å². The summed E-state index contributed by atoms with van der Waals surface area (Å²) in [5.74, 6) is 1.20. The van der Waals surface area contributed by atoms with E-state index in [2.05, 4.69) is 38.7 Å². The highest BCUT2D eigenvalue weighted by Crippen LogP contribution is 2.34. The molecular weight excluding hydrogens is 328 g/mol. The van der Waals surface area contributed by atoms with Crippen molar-refractivity contribution in [2.45, 2.75) is 25.8 Å². The number of aromatic nitrogens is 3. The average Bonchev–Trinajstić information content (AvgIpc) is 3.06. The van der Waals surface area contributed by atoms with E-state index in [1.165, 1.54) is 18.5 Å². The molecule has 0 radical (unpaired) electrons. The first-order valence-electron chi connectivity index (χ1n) is 9.26. The van der Waals surface area contributed by atoms with Crippen molar-refractivity contribution in [1.29, 1.82) is 0 Å². The van der Waals surface area contributed by atoms with Crippen molar-refractivity contribution in [3.05, 3.63) is 41.9 Å². The smallest absolute Gasteiger partial charge is 0.252 e. The fraction of sp³-hybridized carbons (Fsp3) is 0.526. The number of hydrogen-bond donors (Lipinski definition) is 2. The van der Waals surface area contributed by atoms with E-state index in [0.29, 0.717) is 24.1 Å². The molecule has 0 aliphatic carbocycles. The van der Waals surface area contributed by atoms with Crippen LogP contribution in [0, 0.1) is 5.92 Å². The number of aryl methyl sites for hydroxylation is 1. The standard InChI is InChI=1S/C19H28N6O/c1-4-20-19(26)15-7-8-17(22-13-15)21-12-14-6-5-11-24(2)18(14)16-9-10-23-25(16)3/h7-10,13-14,18H,4-6,11-12H2,1-3H3,(H,20,26)(H,21,22)/t14-,18+/m0/s1. The fourth-order valence-corrected chi connectivity index (χ4v) is 3.75. The van der Waals surface area contributed by atoms with Gasteiger partial charge in [-0.05, 0) is 57.5 Å². The summed E-state index contributed by atoms with van der Waals surface area (Å²) >= 11 is 0. The van der Waals surface area contributed by atoms with Crippen LogP contribution in [0.1, 0.15) is 41.9 Å². The number of hydrogen-bond acceptors (Lipinski definition) is 5. The molecule has 2 aromatic rings. The van der Waals surface area contributed by atoms with Crippen molar-refractivity contribution in [3.63, 3.8) is 0 Å². The lowest BCUT2D eigenvalue weighted by atomic mass is 9.87. The van der Waals surface area contributed by atoms with Gasteiger partial charge in [0.05, 0.1) is 17.3 Å². The van der Waals surface area contributed by atoms with Gasteiger partial charge in [-0.25, -0.2) is 4.98 Å². The molecule has 26 heavy (non-hydrogen) atoms. The van der Waals surface area contributed by atoms with Crippen molar-refractivity contribution in [3.8, 4) is 0 Å². The van der Waals surface area contributed by atoms with E-state index < -0.39 is 0 Å². The minimum Gasteiger partial charge on any atom is -0.370 e. The van der Waals surface area contributed by atoms with Crippen molar-refractivity contribution < 1.29 is 4.79 Å². The van der Waals surface area contributed by atoms with E-state index >= 15 is 0 Å². The topological polar surface area (TPSA) is 75.1 Å². The summed E-state index contributed by atoms with van der Waals surface area (Å²) in [7, 11) is 4.19. The monoisotopic (exact) mass is 356 g/mol. The van der Waals surface area contributed by atoms with Crippen LogP contribution in [0.4, 0.5) is 5.82 Å². The molecule has 1 amide bonds. The average molecular weight is 356 g/mol. The summed E-state index contributed by atoms with van der Waals surface area (Å²) in [4.78, 5) is 18.6. The number of pyridine rings is 1. The summed E-state index contributed by atoms with van der Waals surface area (Å²) in [5, 5.41) is 10.6. The van der Waals surface area contributed by atoms with Gasteiger partial charge in [-0.1, -0.05) is 0 Å². The van der Waals surface area contributed by atoms with Crippen molar-refractivity contribution in [2.24, 2.45) is 13.0 Å². The minimum absolute atomic E-state index is 0.0864. The first-order chi connectivity index (χ1) is 12.6. The Morgan fingerprint density at radius 1 is 1.31 bits per heavy atom. The molecule has 1 aliphatic rings. The molecule has 0 bridgehead atoms. The Morgan fingerprint density at radius 2 is 2.15 bits per heavy atom. The largest absolute Gasteiger partial charge is 0.370 e. The molecule has 3 heterocycles. The molecule has 0 unspecified atom stereocenters. The number of likely N-dealkylation sites (tertiary alicyclic amines) is 1. The van der Waals surface area contributed by atoms with Crippen LogP contribution in [-0.4, -0.2) is 52.3 Å². The van der Waals surface area contributed by atoms with E-state index in [0.717, 1.165) is 18.9 Å². The minimum atomic E-state index is -0.0864. The summed E-state index contributed by atoms with van der Waals surface area (Å²) in [6.45, 7) is 4.46. The van der Waals surface area contributed by atoms with Gasteiger partial charge in [0.25, 0.3) is 5.91 Å². The number of carbonyl (C=O) groups is 1. The number of rotatable bonds is 6. The molecule has 0 spiro atoms. The van der Waals surface area contributed by atoms with Gasteiger partial charge in [0.2, 0.25) is 0 Å². The van der Waals surface area contributed by atoms with Crippen molar-refractivity contribution in [2.75, 3.05) is 32.0 Å². The normalized spacial score (nSPS) is 20.7. The zero-order valence-electron chi connectivity index (χ0n) is 15.8. The predicted molar refractivity (Wildman–Crippen MR) is 102 cm³/mol. The maximum Gasteiger partial charge on any atom is 0.252 e. The summed E-state index contributed by atoms with van der Waals surface area (Å²) < 4.78 is 1.97. The molecule has 3 rings (SSSR count). The quantitative estimate of drug-likeness (QED) is 0.829. The molecule has 1 saturated heterocycles. The molecular formula is C19H28N6O. The molecule has 1 aliphatic heterocycles. The van der Waals surface area contributed by atoms with Crippen LogP contribution in [0.25, 0.3) is 0 Å². The molecule has 0 saturated carbocycles. The Kier molecular flexibility index (Phi) is 5.88. The van der Waals surface area contributed by atoms with Crippen LogP contribution in [0.3, 0.4) is 0 Å². The lowest BCUT2D eigenvalue weighted by Gasteiger charge is -2.39. The molecule has 2 aromatic heterocycles. The molecule has 7 nitrogen and oxygen atoms in total. The van der Waals surface area contributed by atoms with Gasteiger partial charge >= 0.3 is 0 Å². The third-order valence-corrected chi connectivity index (χ3v) is 5.08. The molecule has 7 heteroatoms. The van der Waals surface area contributed by atoms with Gasteiger partial charge in [0.15, 0.2) is 0 Å². The van der Waals surface area contributed by atoms with Crippen molar-refractivity contribution in [1.82, 2.24) is 25.0 Å². The van der Waals surface area contributed by atoms with E-state index in [4.69, 9.17) is 0 Å². The van der Waals surface area contributed by atoms with Crippen molar-refractivity contribution >= 4 is 11.7 Å². The Morgan fingerprint density at radius 3 is 2.81 bits per heavy atom. The van der Waals surface area contributed by atoms with Gasteiger partial charge in [0.1, 0.15) is 5.82 Å². The maximum atomic E-state index is 11.8. The van der Waals surface area contributed by atoms with Gasteiger partial charge in [-0.3, -0.25) is 14.4 Å². The van der Waals surface area contributed by atoms with E-state index in [-0.39, 0.29) is 5.91 Å². The first-order valence-corrected chi connectivity index (χ1v) is 9.26. The Hall–Kier alpha value is -2.41. The van der Waals surface area contributed by atoms with Gasteiger partial charge in [-0.15, -0.1) is 0 Å². The predicted octanol–water partition coefficient (Wildman–Crippen LogP) is 2.06. The molecule has 0 aromatic carbocycles. The van der Waals surface area contributed by atoms with Gasteiger partial charge in [0, 0.05) is 32.5 Å². The number of nitrogens with one attached hydrogen (secondary N) is 2. The summed E-state index contributed by atoms with van der Waals surface area (Å²) in [5.41, 5.74) is 1.83. The number of piperidine rings is 1. The molecule has 140 valence electrons. The fourth-order valence-electron chi connectivity index (χ4n) is 3.75. The third-order valence-electron chi connectivity index (χ3n) is 5.08. The Balaban J connectivity index is 1.65. The zero-order valence-corrected chi connectivity index (χ0v) is 15.8. The number of anilines is 1. The molecule has 2 atom stereocenters. The van der Waals surface area contributed by atoms with Crippen LogP contribution >= 0.6 is 0 Å². The highest BCUT2D eigenvalue weighted by molar-refractivity contribution is 5.93. The van der Waals surface area contributed by atoms with Crippen LogP contribution in [0.5, 0.6) is 0 Å². The second-order valence-corrected chi connectivity index (χ2v) is 6.88. The number of amides is 1. The van der Waals surface area contributed by atoms with E-state index in [1.807, 2.05) is 37.0 Å². The second-order valence-electron chi connectivity index (χ2n) is 6.88. The number of nitrogens with zero attached hydrogens (tertiary/aromatic N) is 4. The first kappa shape index (κ1) is 18.4. The maximum absolute atomic E-state index is 11.8. The summed E-state index contributed by atoms with van der Waals surface area (Å²) in [6.07, 6.45) is 5.85. The number of carbonyl (C=O) groups excluding carboxylic acids is 1. The SMILES string of the molecule is CCNC(=O)c1ccc(NC[C@@H]2CCCN(C)[C@H]2c2ccnn2C)nc1. The highest BCUT2D eigenvalue weighted by Gasteiger charge is 2.32. The van der Waals surface area contributed by atoms with E-state index in [1.54, 1.807) is 6.20 Å². The lowest BCUT2D eigenvalue weighted by molar-refractivity contribution is 0.0955. The Labute approximate surface area is 154 Å². The van der Waals surface area contributed by atoms with Crippen LogP contribution in [-0.2, 0) is 7.05 Å². The van der Waals surface area contributed by atoms with Crippen LogP contribution in [0.2, 0.25) is 0 Å². The van der Waals surface area contributed by atoms with Gasteiger partial charge in [-0.2, -0.15) is 5.10 Å². The molecule has 2 N–H and O–H groups in total. The highest BCUT2D eigenvalue weighted by atomic mass is 16.1. The third kappa shape index (κ3) is 4.04. The summed E-state index contributed by atoms with van der Waals surface area (Å²) in [6, 6.07) is 6.14. The molecule has 1 fully saturated rings. The zero-order chi connectivity index (χ0) is 18.5. The Bertz CT molecular complexity index is 726. The van der Waals surface area contributed by atoms with Gasteiger partial charge < -0.3 is 10.6 Å².